The zero-order valence-electron chi connectivity index (χ0n) is 21.3. The highest BCUT2D eigenvalue weighted by atomic mass is 16.5. The highest BCUT2D eigenvalue weighted by molar-refractivity contribution is 6.07. The van der Waals surface area contributed by atoms with Crippen LogP contribution in [0.2, 0.25) is 0 Å². The number of anilines is 1. The van der Waals surface area contributed by atoms with Crippen LogP contribution in [-0.4, -0.2) is 25.5 Å². The molecule has 0 saturated carbocycles. The second-order valence-corrected chi connectivity index (χ2v) is 8.99. The van der Waals surface area contributed by atoms with Crippen LogP contribution in [0.15, 0.2) is 103 Å². The summed E-state index contributed by atoms with van der Waals surface area (Å²) in [7, 11) is 1.64. The highest BCUT2D eigenvalue weighted by Gasteiger charge is 2.20. The number of ether oxygens (including phenoxy) is 1. The van der Waals surface area contributed by atoms with Crippen molar-refractivity contribution < 1.29 is 14.3 Å². The number of nitrogens with zero attached hydrogens (tertiary/aromatic N) is 1. The maximum Gasteiger partial charge on any atom is 0.258 e. The van der Waals surface area contributed by atoms with Crippen molar-refractivity contribution >= 4 is 17.5 Å². The first kappa shape index (κ1) is 25.7. The molecule has 188 valence electrons. The number of methoxy groups -OCH3 is 1. The van der Waals surface area contributed by atoms with Gasteiger partial charge in [-0.25, -0.2) is 0 Å². The fourth-order valence-corrected chi connectivity index (χ4v) is 4.23. The molecule has 0 bridgehead atoms. The van der Waals surface area contributed by atoms with Gasteiger partial charge in [-0.05, 0) is 65.9 Å². The zero-order valence-corrected chi connectivity index (χ0v) is 21.3. The van der Waals surface area contributed by atoms with Gasteiger partial charge in [-0.1, -0.05) is 72.8 Å². The van der Waals surface area contributed by atoms with Crippen molar-refractivity contribution in [3.05, 3.63) is 131 Å². The van der Waals surface area contributed by atoms with E-state index in [1.54, 1.807) is 12.0 Å². The van der Waals surface area contributed by atoms with Gasteiger partial charge in [0.25, 0.3) is 5.91 Å². The van der Waals surface area contributed by atoms with Gasteiger partial charge in [0.2, 0.25) is 5.91 Å². The Labute approximate surface area is 218 Å². The molecule has 4 aromatic carbocycles. The minimum Gasteiger partial charge on any atom is -0.497 e. The summed E-state index contributed by atoms with van der Waals surface area (Å²) in [4.78, 5) is 28.1. The van der Waals surface area contributed by atoms with Gasteiger partial charge in [-0.3, -0.25) is 9.59 Å². The molecule has 0 aliphatic rings. The minimum atomic E-state index is -0.0666. The topological polar surface area (TPSA) is 58.6 Å². The highest BCUT2D eigenvalue weighted by Crippen LogP contribution is 2.23. The van der Waals surface area contributed by atoms with E-state index in [1.165, 1.54) is 0 Å². The summed E-state index contributed by atoms with van der Waals surface area (Å²) in [6.45, 7) is 2.93. The van der Waals surface area contributed by atoms with Crippen LogP contribution >= 0.6 is 0 Å². The van der Waals surface area contributed by atoms with E-state index in [-0.39, 0.29) is 18.2 Å². The lowest BCUT2D eigenvalue weighted by Gasteiger charge is -2.24. The molecule has 4 aromatic rings. The van der Waals surface area contributed by atoms with Crippen LogP contribution in [0.5, 0.6) is 5.75 Å². The molecule has 37 heavy (non-hydrogen) atoms. The Morgan fingerprint density at radius 2 is 1.49 bits per heavy atom. The lowest BCUT2D eigenvalue weighted by molar-refractivity contribution is -0.120. The van der Waals surface area contributed by atoms with E-state index in [9.17, 15) is 9.59 Å². The number of carbonyl (C=O) groups excluding carboxylic acids is 2. The fraction of sp³-hybridized carbons (Fsp3) is 0.188. The Hall–Kier alpha value is -4.38. The molecule has 0 unspecified atom stereocenters. The van der Waals surface area contributed by atoms with Crippen LogP contribution < -0.4 is 15.0 Å². The van der Waals surface area contributed by atoms with Crippen LogP contribution in [0.3, 0.4) is 0 Å². The Morgan fingerprint density at radius 3 is 2.22 bits per heavy atom. The van der Waals surface area contributed by atoms with Gasteiger partial charge in [0.15, 0.2) is 0 Å². The van der Waals surface area contributed by atoms with Gasteiger partial charge in [0, 0.05) is 17.8 Å². The van der Waals surface area contributed by atoms with Crippen molar-refractivity contribution in [2.75, 3.05) is 18.6 Å². The maximum atomic E-state index is 13.7. The lowest BCUT2D eigenvalue weighted by atomic mass is 10.1. The molecule has 1 N–H and O–H groups in total. The Kier molecular flexibility index (Phi) is 8.71. The van der Waals surface area contributed by atoms with Crippen molar-refractivity contribution in [3.63, 3.8) is 0 Å². The Morgan fingerprint density at radius 1 is 0.784 bits per heavy atom. The number of hydrogen-bond donors (Lipinski definition) is 1. The number of nitrogens with one attached hydrogen (secondary N) is 1. The monoisotopic (exact) mass is 492 g/mol. The molecule has 2 amide bonds. The first-order chi connectivity index (χ1) is 18.0. The second kappa shape index (κ2) is 12.5. The number of amides is 2. The van der Waals surface area contributed by atoms with Crippen molar-refractivity contribution in [2.45, 2.75) is 26.3 Å². The molecule has 0 spiro atoms. The SMILES string of the molecule is COc1ccc(CCNC(=O)Cc2cccc(N(Cc3ccccc3)C(=O)c3ccccc3C)c2)cc1. The fourth-order valence-electron chi connectivity index (χ4n) is 4.23. The number of aryl methyl sites for hydroxylation is 1. The normalized spacial score (nSPS) is 10.5. The van der Waals surface area contributed by atoms with Crippen molar-refractivity contribution in [2.24, 2.45) is 0 Å². The van der Waals surface area contributed by atoms with Crippen LogP contribution in [0, 0.1) is 6.92 Å². The van der Waals surface area contributed by atoms with Crippen LogP contribution in [0.4, 0.5) is 5.69 Å². The smallest absolute Gasteiger partial charge is 0.258 e. The standard InChI is InChI=1S/C32H32N2O3/c1-24-9-6-7-14-30(24)32(36)34(23-26-10-4-3-5-11-26)28-13-8-12-27(21-28)22-31(35)33-20-19-25-15-17-29(37-2)18-16-25/h3-18,21H,19-20,22-23H2,1-2H3,(H,33,35). The summed E-state index contributed by atoms with van der Waals surface area (Å²) >= 11 is 0. The minimum absolute atomic E-state index is 0.0505. The molecule has 4 rings (SSSR count). The third-order valence-corrected chi connectivity index (χ3v) is 6.29. The first-order valence-electron chi connectivity index (χ1n) is 12.4. The number of benzene rings is 4. The van der Waals surface area contributed by atoms with Gasteiger partial charge in [0.1, 0.15) is 5.75 Å². The van der Waals surface area contributed by atoms with E-state index in [2.05, 4.69) is 5.32 Å². The quantitative estimate of drug-likeness (QED) is 0.307. The second-order valence-electron chi connectivity index (χ2n) is 8.99. The molecule has 0 radical (unpaired) electrons. The molecule has 0 atom stereocenters. The summed E-state index contributed by atoms with van der Waals surface area (Å²) in [6, 6.07) is 33.1. The van der Waals surface area contributed by atoms with Gasteiger partial charge >= 0.3 is 0 Å². The van der Waals surface area contributed by atoms with Crippen LogP contribution in [-0.2, 0) is 24.2 Å². The molecule has 0 aromatic heterocycles. The summed E-state index contributed by atoms with van der Waals surface area (Å²) in [6.07, 6.45) is 0.986. The number of rotatable bonds is 10. The van der Waals surface area contributed by atoms with E-state index in [4.69, 9.17) is 4.74 Å². The molecular formula is C32H32N2O3. The van der Waals surface area contributed by atoms with E-state index in [0.29, 0.717) is 18.7 Å². The van der Waals surface area contributed by atoms with Crippen LogP contribution in [0.1, 0.15) is 32.6 Å². The summed E-state index contributed by atoms with van der Waals surface area (Å²) in [5, 5.41) is 3.00. The predicted octanol–water partition coefficient (Wildman–Crippen LogP) is 5.75. The number of carbonyl (C=O) groups is 2. The van der Waals surface area contributed by atoms with E-state index in [0.717, 1.165) is 40.1 Å². The molecule has 0 fully saturated rings. The van der Waals surface area contributed by atoms with Gasteiger partial charge in [-0.2, -0.15) is 0 Å². The number of hydrogen-bond acceptors (Lipinski definition) is 3. The molecule has 0 aliphatic heterocycles. The summed E-state index contributed by atoms with van der Waals surface area (Å²) in [5.41, 5.74) is 5.38. The molecular weight excluding hydrogens is 460 g/mol. The first-order valence-corrected chi connectivity index (χ1v) is 12.4. The van der Waals surface area contributed by atoms with Crippen molar-refractivity contribution in [3.8, 4) is 5.75 Å². The van der Waals surface area contributed by atoms with Gasteiger partial charge in [-0.15, -0.1) is 0 Å². The van der Waals surface area contributed by atoms with E-state index < -0.39 is 0 Å². The van der Waals surface area contributed by atoms with Gasteiger partial charge in [0.05, 0.1) is 20.1 Å². The summed E-state index contributed by atoms with van der Waals surface area (Å²) < 4.78 is 5.19. The Balaban J connectivity index is 1.46. The Bertz CT molecular complexity index is 1330. The van der Waals surface area contributed by atoms with E-state index >= 15 is 0 Å². The molecule has 0 aliphatic carbocycles. The summed E-state index contributed by atoms with van der Waals surface area (Å²) in [5.74, 6) is 0.698. The maximum absolute atomic E-state index is 13.7. The van der Waals surface area contributed by atoms with Gasteiger partial charge < -0.3 is 15.0 Å². The average molecular weight is 493 g/mol. The third kappa shape index (κ3) is 7.07. The molecule has 5 nitrogen and oxygen atoms in total. The molecule has 5 heteroatoms. The molecule has 0 heterocycles. The van der Waals surface area contributed by atoms with Crippen molar-refractivity contribution in [1.29, 1.82) is 0 Å². The molecule has 0 saturated heterocycles. The third-order valence-electron chi connectivity index (χ3n) is 6.29. The zero-order chi connectivity index (χ0) is 26.0. The largest absolute Gasteiger partial charge is 0.497 e. The van der Waals surface area contributed by atoms with Crippen molar-refractivity contribution in [1.82, 2.24) is 5.32 Å². The van der Waals surface area contributed by atoms with Crippen LogP contribution in [0.25, 0.3) is 0 Å². The predicted molar refractivity (Wildman–Crippen MR) is 148 cm³/mol. The lowest BCUT2D eigenvalue weighted by Crippen LogP contribution is -2.31. The van der Waals surface area contributed by atoms with E-state index in [1.807, 2.05) is 110 Å². The average Bonchev–Trinajstić information content (AvgIpc) is 2.93.